The molecule has 1 aromatic rings. The molecule has 2 rings (SSSR count). The highest BCUT2D eigenvalue weighted by atomic mass is 19.4. The number of benzene rings is 1. The highest BCUT2D eigenvalue weighted by Crippen LogP contribution is 2.27. The first-order valence-electron chi connectivity index (χ1n) is 8.89. The normalized spacial score (nSPS) is 18.1. The van der Waals surface area contributed by atoms with Crippen molar-refractivity contribution in [1.82, 2.24) is 4.90 Å². The van der Waals surface area contributed by atoms with Gasteiger partial charge >= 0.3 is 18.2 Å². The number of para-hydroxylation sites is 1. The fraction of sp³-hybridized carbons (Fsp3) is 0.579. The van der Waals surface area contributed by atoms with Crippen LogP contribution in [-0.4, -0.2) is 48.3 Å². The molecule has 0 bridgehead atoms. The molecule has 1 heterocycles. The Bertz CT molecular complexity index is 656. The second kappa shape index (κ2) is 8.19. The summed E-state index contributed by atoms with van der Waals surface area (Å²) in [7, 11) is 0. The molecule has 1 aliphatic heterocycles. The number of ether oxygens (including phenoxy) is 1. The highest BCUT2D eigenvalue weighted by Gasteiger charge is 2.44. The SMILES string of the molecule is CC(C)(C)OC(=O)N1CCC[C@@H](CN(C(=O)C(F)(F)F)c2ccccc2)C1. The molecule has 0 aliphatic carbocycles. The fourth-order valence-corrected chi connectivity index (χ4v) is 3.03. The van der Waals surface area contributed by atoms with Crippen LogP contribution in [0.4, 0.5) is 23.7 Å². The van der Waals surface area contributed by atoms with Crippen LogP contribution in [-0.2, 0) is 9.53 Å². The molecule has 1 saturated heterocycles. The molecule has 150 valence electrons. The van der Waals surface area contributed by atoms with Gasteiger partial charge in [0.05, 0.1) is 0 Å². The van der Waals surface area contributed by atoms with E-state index in [9.17, 15) is 22.8 Å². The lowest BCUT2D eigenvalue weighted by molar-refractivity contribution is -0.170. The van der Waals surface area contributed by atoms with Gasteiger partial charge in [0, 0.05) is 25.3 Å². The maximum atomic E-state index is 13.1. The minimum atomic E-state index is -4.96. The van der Waals surface area contributed by atoms with Gasteiger partial charge in [-0.15, -0.1) is 0 Å². The van der Waals surface area contributed by atoms with Gasteiger partial charge in [-0.05, 0) is 51.7 Å². The van der Waals surface area contributed by atoms with Crippen LogP contribution in [0.5, 0.6) is 0 Å². The van der Waals surface area contributed by atoms with Crippen molar-refractivity contribution in [3.63, 3.8) is 0 Å². The van der Waals surface area contributed by atoms with E-state index < -0.39 is 23.8 Å². The minimum absolute atomic E-state index is 0.109. The van der Waals surface area contributed by atoms with Crippen LogP contribution >= 0.6 is 0 Å². The molecule has 0 unspecified atom stereocenters. The number of alkyl halides is 3. The second-order valence-corrected chi connectivity index (χ2v) is 7.68. The van der Waals surface area contributed by atoms with Crippen molar-refractivity contribution < 1.29 is 27.5 Å². The summed E-state index contributed by atoms with van der Waals surface area (Å²) in [6.07, 6.45) is -4.17. The summed E-state index contributed by atoms with van der Waals surface area (Å²) in [4.78, 5) is 26.4. The Hall–Kier alpha value is -2.25. The van der Waals surface area contributed by atoms with Gasteiger partial charge in [0.2, 0.25) is 0 Å². The largest absolute Gasteiger partial charge is 0.471 e. The number of nitrogens with zero attached hydrogens (tertiary/aromatic N) is 2. The third-order valence-electron chi connectivity index (χ3n) is 4.17. The van der Waals surface area contributed by atoms with Gasteiger partial charge in [0.15, 0.2) is 0 Å². The molecule has 1 aliphatic rings. The molecule has 0 aromatic heterocycles. The average Bonchev–Trinajstić information content (AvgIpc) is 2.58. The lowest BCUT2D eigenvalue weighted by atomic mass is 9.97. The third-order valence-corrected chi connectivity index (χ3v) is 4.17. The van der Waals surface area contributed by atoms with Crippen LogP contribution < -0.4 is 4.90 Å². The third kappa shape index (κ3) is 6.15. The van der Waals surface area contributed by atoms with Gasteiger partial charge in [-0.25, -0.2) is 4.79 Å². The molecular weight excluding hydrogens is 361 g/mol. The first kappa shape index (κ1) is 21.1. The monoisotopic (exact) mass is 386 g/mol. The van der Waals surface area contributed by atoms with E-state index in [1.165, 1.54) is 17.0 Å². The predicted molar refractivity (Wildman–Crippen MR) is 95.4 cm³/mol. The summed E-state index contributed by atoms with van der Waals surface area (Å²) < 4.78 is 44.5. The highest BCUT2D eigenvalue weighted by molar-refractivity contribution is 5.97. The Morgan fingerprint density at radius 1 is 1.19 bits per heavy atom. The van der Waals surface area contributed by atoms with Gasteiger partial charge in [-0.2, -0.15) is 13.2 Å². The van der Waals surface area contributed by atoms with Crippen LogP contribution in [0.3, 0.4) is 0 Å². The number of anilines is 1. The quantitative estimate of drug-likeness (QED) is 0.781. The Labute approximate surface area is 157 Å². The van der Waals surface area contributed by atoms with E-state index in [0.29, 0.717) is 19.4 Å². The fourth-order valence-electron chi connectivity index (χ4n) is 3.03. The molecular formula is C19H25F3N2O3. The number of halogens is 3. The first-order valence-corrected chi connectivity index (χ1v) is 8.89. The lowest BCUT2D eigenvalue weighted by Gasteiger charge is -2.36. The maximum Gasteiger partial charge on any atom is 0.471 e. The standard InChI is InChI=1S/C19H25F3N2O3/c1-18(2,3)27-17(26)23-11-7-8-14(12-23)13-24(16(25)19(20,21)22)15-9-5-4-6-10-15/h4-6,9-10,14H,7-8,11-13H2,1-3H3/t14-/m1/s1. The molecule has 1 fully saturated rings. The van der Waals surface area contributed by atoms with Crippen molar-refractivity contribution in [3.05, 3.63) is 30.3 Å². The molecule has 1 aromatic carbocycles. The summed E-state index contributed by atoms with van der Waals surface area (Å²) >= 11 is 0. The first-order chi connectivity index (χ1) is 12.5. The van der Waals surface area contributed by atoms with Gasteiger partial charge in [0.25, 0.3) is 0 Å². The predicted octanol–water partition coefficient (Wildman–Crippen LogP) is 4.23. The average molecular weight is 386 g/mol. The molecule has 2 amide bonds. The van der Waals surface area contributed by atoms with Crippen molar-refractivity contribution in [2.24, 2.45) is 5.92 Å². The van der Waals surface area contributed by atoms with Crippen LogP contribution in [0.25, 0.3) is 0 Å². The second-order valence-electron chi connectivity index (χ2n) is 7.68. The molecule has 1 atom stereocenters. The number of likely N-dealkylation sites (tertiary alicyclic amines) is 1. The van der Waals surface area contributed by atoms with E-state index in [1.54, 1.807) is 39.0 Å². The van der Waals surface area contributed by atoms with Crippen molar-refractivity contribution in [2.75, 3.05) is 24.5 Å². The maximum absolute atomic E-state index is 13.1. The van der Waals surface area contributed by atoms with Gasteiger partial charge in [-0.3, -0.25) is 4.79 Å². The van der Waals surface area contributed by atoms with Crippen LogP contribution in [0, 0.1) is 5.92 Å². The van der Waals surface area contributed by atoms with Gasteiger partial charge in [-0.1, -0.05) is 18.2 Å². The number of piperidine rings is 1. The van der Waals surface area contributed by atoms with Crippen LogP contribution in [0.2, 0.25) is 0 Å². The van der Waals surface area contributed by atoms with Crippen molar-refractivity contribution in [1.29, 1.82) is 0 Å². The van der Waals surface area contributed by atoms with E-state index in [2.05, 4.69) is 0 Å². The number of hydrogen-bond donors (Lipinski definition) is 0. The van der Waals surface area contributed by atoms with Crippen LogP contribution in [0.15, 0.2) is 30.3 Å². The molecule has 8 heteroatoms. The molecule has 5 nitrogen and oxygen atoms in total. The van der Waals surface area contributed by atoms with E-state index in [4.69, 9.17) is 4.74 Å². The molecule has 27 heavy (non-hydrogen) atoms. The number of carbonyl (C=O) groups excluding carboxylic acids is 2. The summed E-state index contributed by atoms with van der Waals surface area (Å²) in [5, 5.41) is 0. The van der Waals surface area contributed by atoms with E-state index in [0.717, 1.165) is 4.90 Å². The van der Waals surface area contributed by atoms with Gasteiger partial charge in [0.1, 0.15) is 5.60 Å². The molecule has 0 radical (unpaired) electrons. The molecule has 0 N–H and O–H groups in total. The van der Waals surface area contributed by atoms with Crippen molar-refractivity contribution in [3.8, 4) is 0 Å². The van der Waals surface area contributed by atoms with Crippen LogP contribution in [0.1, 0.15) is 33.6 Å². The number of hydrogen-bond acceptors (Lipinski definition) is 3. The summed E-state index contributed by atoms with van der Waals surface area (Å²) in [5.41, 5.74) is -0.457. The molecule has 0 spiro atoms. The Balaban J connectivity index is 2.12. The summed E-state index contributed by atoms with van der Waals surface area (Å²) in [6, 6.07) is 7.78. The van der Waals surface area contributed by atoms with Crippen molar-refractivity contribution in [2.45, 2.75) is 45.4 Å². The Morgan fingerprint density at radius 2 is 1.81 bits per heavy atom. The summed E-state index contributed by atoms with van der Waals surface area (Å²) in [5.74, 6) is -2.17. The Kier molecular flexibility index (Phi) is 6.38. The van der Waals surface area contributed by atoms with E-state index in [-0.39, 0.29) is 24.7 Å². The smallest absolute Gasteiger partial charge is 0.444 e. The van der Waals surface area contributed by atoms with E-state index in [1.807, 2.05) is 0 Å². The number of amides is 2. The minimum Gasteiger partial charge on any atom is -0.444 e. The van der Waals surface area contributed by atoms with Gasteiger partial charge < -0.3 is 14.5 Å². The van der Waals surface area contributed by atoms with Crippen molar-refractivity contribution >= 4 is 17.7 Å². The zero-order chi connectivity index (χ0) is 20.2. The Morgan fingerprint density at radius 3 is 2.37 bits per heavy atom. The zero-order valence-corrected chi connectivity index (χ0v) is 15.8. The number of rotatable bonds is 3. The zero-order valence-electron chi connectivity index (χ0n) is 15.8. The topological polar surface area (TPSA) is 49.9 Å². The lowest BCUT2D eigenvalue weighted by Crippen LogP contribution is -2.49. The summed E-state index contributed by atoms with van der Waals surface area (Å²) in [6.45, 7) is 5.90. The number of carbonyl (C=O) groups is 2. The van der Waals surface area contributed by atoms with E-state index >= 15 is 0 Å². The molecule has 0 saturated carbocycles.